The number of aromatic nitrogens is 2. The molecule has 0 unspecified atom stereocenters. The van der Waals surface area contributed by atoms with E-state index in [1.54, 1.807) is 18.6 Å². The van der Waals surface area contributed by atoms with E-state index in [0.717, 1.165) is 5.56 Å². The van der Waals surface area contributed by atoms with Crippen molar-refractivity contribution in [2.75, 3.05) is 6.54 Å². The quantitative estimate of drug-likeness (QED) is 0.755. The van der Waals surface area contributed by atoms with Crippen LogP contribution in [0.25, 0.3) is 11.5 Å². The summed E-state index contributed by atoms with van der Waals surface area (Å²) in [6.45, 7) is 0.518. The number of hydrogen-bond donors (Lipinski definition) is 1. The first-order valence-corrected chi connectivity index (χ1v) is 3.95. The van der Waals surface area contributed by atoms with Crippen LogP contribution in [0, 0.1) is 0 Å². The van der Waals surface area contributed by atoms with Crippen molar-refractivity contribution in [1.82, 2.24) is 10.1 Å². The van der Waals surface area contributed by atoms with Crippen LogP contribution in [0.2, 0.25) is 0 Å². The summed E-state index contributed by atoms with van der Waals surface area (Å²) in [5.74, 6) is 1.09. The highest BCUT2D eigenvalue weighted by atomic mass is 16.5. The van der Waals surface area contributed by atoms with Crippen molar-refractivity contribution < 1.29 is 8.94 Å². The van der Waals surface area contributed by atoms with Crippen molar-refractivity contribution in [1.29, 1.82) is 0 Å². The minimum atomic E-state index is 0.470. The number of furan rings is 1. The fourth-order valence-electron chi connectivity index (χ4n) is 0.988. The Kier molecular flexibility index (Phi) is 2.09. The van der Waals surface area contributed by atoms with Crippen molar-refractivity contribution in [2.24, 2.45) is 5.73 Å². The molecule has 2 aromatic heterocycles. The first-order valence-electron chi connectivity index (χ1n) is 3.95. The Balaban J connectivity index is 2.23. The monoisotopic (exact) mass is 179 g/mol. The summed E-state index contributed by atoms with van der Waals surface area (Å²) in [7, 11) is 0. The van der Waals surface area contributed by atoms with Crippen molar-refractivity contribution in [3.05, 3.63) is 24.4 Å². The number of nitrogens with two attached hydrogens (primary N) is 1. The average molecular weight is 179 g/mol. The lowest BCUT2D eigenvalue weighted by Crippen LogP contribution is -2.03. The Bertz CT molecular complexity index is 366. The Hall–Kier alpha value is -1.62. The Morgan fingerprint density at radius 2 is 2.38 bits per heavy atom. The Morgan fingerprint density at radius 3 is 3.08 bits per heavy atom. The standard InChI is InChI=1S/C8H9N3O2/c9-3-1-7-10-8(13-11-7)6-2-4-12-5-6/h2,4-5H,1,3,9H2. The summed E-state index contributed by atoms with van der Waals surface area (Å²) in [6.07, 6.45) is 3.74. The van der Waals surface area contributed by atoms with Gasteiger partial charge < -0.3 is 14.7 Å². The molecule has 0 aromatic carbocycles. The number of hydrogen-bond acceptors (Lipinski definition) is 5. The van der Waals surface area contributed by atoms with Crippen LogP contribution in [0.5, 0.6) is 0 Å². The van der Waals surface area contributed by atoms with E-state index in [-0.39, 0.29) is 0 Å². The molecule has 2 rings (SSSR count). The lowest BCUT2D eigenvalue weighted by atomic mass is 10.3. The van der Waals surface area contributed by atoms with Gasteiger partial charge in [0.15, 0.2) is 5.82 Å². The molecule has 2 heterocycles. The van der Waals surface area contributed by atoms with Gasteiger partial charge in [0.25, 0.3) is 5.89 Å². The van der Waals surface area contributed by atoms with Crippen molar-refractivity contribution in [3.63, 3.8) is 0 Å². The lowest BCUT2D eigenvalue weighted by Gasteiger charge is -1.83. The van der Waals surface area contributed by atoms with Gasteiger partial charge >= 0.3 is 0 Å². The molecule has 13 heavy (non-hydrogen) atoms. The predicted molar refractivity (Wildman–Crippen MR) is 44.8 cm³/mol. The van der Waals surface area contributed by atoms with Crippen LogP contribution in [0.1, 0.15) is 5.82 Å². The van der Waals surface area contributed by atoms with Gasteiger partial charge in [0.1, 0.15) is 6.26 Å². The highest BCUT2D eigenvalue weighted by Gasteiger charge is 2.08. The summed E-state index contributed by atoms with van der Waals surface area (Å²) in [4.78, 5) is 4.12. The maximum absolute atomic E-state index is 5.35. The molecule has 2 N–H and O–H groups in total. The molecule has 0 bridgehead atoms. The Morgan fingerprint density at radius 1 is 1.46 bits per heavy atom. The van der Waals surface area contributed by atoms with Gasteiger partial charge in [0, 0.05) is 6.42 Å². The minimum Gasteiger partial charge on any atom is -0.472 e. The van der Waals surface area contributed by atoms with E-state index in [1.165, 1.54) is 0 Å². The van der Waals surface area contributed by atoms with Gasteiger partial charge in [-0.3, -0.25) is 0 Å². The highest BCUT2D eigenvalue weighted by Crippen LogP contribution is 2.16. The third kappa shape index (κ3) is 1.59. The normalized spacial score (nSPS) is 10.5. The SMILES string of the molecule is NCCc1noc(-c2ccoc2)n1. The fraction of sp³-hybridized carbons (Fsp3) is 0.250. The lowest BCUT2D eigenvalue weighted by molar-refractivity contribution is 0.422. The van der Waals surface area contributed by atoms with E-state index >= 15 is 0 Å². The molecular formula is C8H9N3O2. The van der Waals surface area contributed by atoms with Gasteiger partial charge in [0.2, 0.25) is 0 Å². The van der Waals surface area contributed by atoms with E-state index in [2.05, 4.69) is 10.1 Å². The summed E-state index contributed by atoms with van der Waals surface area (Å²) in [5, 5.41) is 3.75. The second-order valence-electron chi connectivity index (χ2n) is 2.57. The zero-order chi connectivity index (χ0) is 9.10. The molecule has 0 amide bonds. The molecule has 0 saturated heterocycles. The second-order valence-corrected chi connectivity index (χ2v) is 2.57. The summed E-state index contributed by atoms with van der Waals surface area (Å²) in [5.41, 5.74) is 6.14. The van der Waals surface area contributed by atoms with Gasteiger partial charge in [-0.15, -0.1) is 0 Å². The van der Waals surface area contributed by atoms with Gasteiger partial charge in [0.05, 0.1) is 11.8 Å². The molecule has 5 nitrogen and oxygen atoms in total. The molecule has 0 spiro atoms. The summed E-state index contributed by atoms with van der Waals surface area (Å²) >= 11 is 0. The average Bonchev–Trinajstić information content (AvgIpc) is 2.70. The Labute approximate surface area is 74.5 Å². The van der Waals surface area contributed by atoms with E-state index in [0.29, 0.717) is 24.7 Å². The van der Waals surface area contributed by atoms with Gasteiger partial charge in [-0.25, -0.2) is 0 Å². The number of rotatable bonds is 3. The molecule has 2 aromatic rings. The van der Waals surface area contributed by atoms with E-state index in [1.807, 2.05) is 0 Å². The van der Waals surface area contributed by atoms with Crippen LogP contribution in [-0.2, 0) is 6.42 Å². The van der Waals surface area contributed by atoms with Gasteiger partial charge in [-0.1, -0.05) is 5.16 Å². The summed E-state index contributed by atoms with van der Waals surface area (Å²) in [6, 6.07) is 1.76. The smallest absolute Gasteiger partial charge is 0.261 e. The third-order valence-corrected chi connectivity index (χ3v) is 1.60. The maximum Gasteiger partial charge on any atom is 0.261 e. The van der Waals surface area contributed by atoms with Crippen LogP contribution in [-0.4, -0.2) is 16.7 Å². The molecule has 0 aliphatic heterocycles. The van der Waals surface area contributed by atoms with Gasteiger partial charge in [-0.05, 0) is 12.6 Å². The van der Waals surface area contributed by atoms with Crippen LogP contribution >= 0.6 is 0 Å². The van der Waals surface area contributed by atoms with Crippen molar-refractivity contribution >= 4 is 0 Å². The third-order valence-electron chi connectivity index (χ3n) is 1.60. The van der Waals surface area contributed by atoms with E-state index in [9.17, 15) is 0 Å². The molecular weight excluding hydrogens is 170 g/mol. The van der Waals surface area contributed by atoms with Crippen LogP contribution in [0.3, 0.4) is 0 Å². The van der Waals surface area contributed by atoms with Crippen molar-refractivity contribution in [3.8, 4) is 11.5 Å². The van der Waals surface area contributed by atoms with Gasteiger partial charge in [-0.2, -0.15) is 4.98 Å². The first-order chi connectivity index (χ1) is 6.40. The maximum atomic E-state index is 5.35. The van der Waals surface area contributed by atoms with Crippen LogP contribution in [0.15, 0.2) is 27.5 Å². The molecule has 0 radical (unpaired) electrons. The fourth-order valence-corrected chi connectivity index (χ4v) is 0.988. The summed E-state index contributed by atoms with van der Waals surface area (Å²) < 4.78 is 9.87. The zero-order valence-electron chi connectivity index (χ0n) is 6.93. The van der Waals surface area contributed by atoms with Crippen molar-refractivity contribution in [2.45, 2.75) is 6.42 Å². The zero-order valence-corrected chi connectivity index (χ0v) is 6.93. The molecule has 0 atom stereocenters. The molecule has 0 fully saturated rings. The minimum absolute atomic E-state index is 0.470. The molecule has 0 aliphatic rings. The van der Waals surface area contributed by atoms with E-state index in [4.69, 9.17) is 14.7 Å². The molecule has 0 aliphatic carbocycles. The molecule has 0 saturated carbocycles. The van der Waals surface area contributed by atoms with E-state index < -0.39 is 0 Å². The number of nitrogens with zero attached hydrogens (tertiary/aromatic N) is 2. The largest absolute Gasteiger partial charge is 0.472 e. The predicted octanol–water partition coefficient (Wildman–Crippen LogP) is 0.831. The van der Waals surface area contributed by atoms with Crippen LogP contribution in [0.4, 0.5) is 0 Å². The topological polar surface area (TPSA) is 78.1 Å². The molecule has 68 valence electrons. The van der Waals surface area contributed by atoms with Crippen LogP contribution < -0.4 is 5.73 Å². The first kappa shape index (κ1) is 8.00. The second kappa shape index (κ2) is 3.40. The molecule has 5 heteroatoms. The highest BCUT2D eigenvalue weighted by molar-refractivity contribution is 5.49.